The highest BCUT2D eigenvalue weighted by Crippen LogP contribution is 2.41. The van der Waals surface area contributed by atoms with Crippen molar-refractivity contribution in [3.05, 3.63) is 23.8 Å². The summed E-state index contributed by atoms with van der Waals surface area (Å²) in [4.78, 5) is 10.7. The van der Waals surface area contributed by atoms with Crippen molar-refractivity contribution in [2.24, 2.45) is 5.73 Å². The van der Waals surface area contributed by atoms with Gasteiger partial charge in [0.15, 0.2) is 0 Å². The van der Waals surface area contributed by atoms with Crippen LogP contribution in [0, 0.1) is 0 Å². The van der Waals surface area contributed by atoms with Crippen LogP contribution in [0.25, 0.3) is 0 Å². The average Bonchev–Trinajstić information content (AvgIpc) is 2.38. The molecule has 0 spiro atoms. The lowest BCUT2D eigenvalue weighted by molar-refractivity contribution is -0.174. The smallest absolute Gasteiger partial charge is 0.446 e. The van der Waals surface area contributed by atoms with Gasteiger partial charge in [0.2, 0.25) is 0 Å². The number of aromatic hydroxyl groups is 1. The van der Waals surface area contributed by atoms with Crippen LogP contribution in [-0.4, -0.2) is 29.1 Å². The van der Waals surface area contributed by atoms with E-state index in [9.17, 15) is 31.9 Å². The van der Waals surface area contributed by atoms with Gasteiger partial charge in [-0.05, 0) is 36.9 Å². The molecular formula is C12H12F5NO3S. The summed E-state index contributed by atoms with van der Waals surface area (Å²) in [6.07, 6.45) is 0. The number of phenolic OH excluding ortho intramolecular Hbond substituents is 1. The van der Waals surface area contributed by atoms with Crippen LogP contribution in [0.15, 0.2) is 23.1 Å². The molecule has 0 amide bonds. The summed E-state index contributed by atoms with van der Waals surface area (Å²) in [5.41, 5.74) is -0.0885. The SMILES string of the molecule is CCOC(=O)C(F)(F)[C@H](N)c1cc(SC(F)(F)F)ccc1O. The standard InChI is InChI=1S/C12H12F5NO3S/c1-2-21-10(20)11(13,14)9(18)7-5-6(3-4-8(7)19)22-12(15,16)17/h3-5,9,19H,2,18H2,1H3/t9-/m1/s1. The molecule has 0 aliphatic rings. The fraction of sp³-hybridized carbons (Fsp3) is 0.417. The molecule has 0 unspecified atom stereocenters. The number of carbonyl (C=O) groups excluding carboxylic acids is 1. The quantitative estimate of drug-likeness (QED) is 0.487. The molecule has 0 aliphatic carbocycles. The Morgan fingerprint density at radius 1 is 1.36 bits per heavy atom. The second kappa shape index (κ2) is 6.69. The molecule has 124 valence electrons. The molecule has 1 atom stereocenters. The predicted octanol–water partition coefficient (Wildman–Crippen LogP) is 3.20. The Bertz CT molecular complexity index is 550. The number of ether oxygens (including phenoxy) is 1. The molecule has 1 aromatic carbocycles. The number of rotatable bonds is 5. The summed E-state index contributed by atoms with van der Waals surface area (Å²) >= 11 is -0.557. The van der Waals surface area contributed by atoms with E-state index < -0.39 is 51.4 Å². The Morgan fingerprint density at radius 2 is 1.95 bits per heavy atom. The zero-order chi connectivity index (χ0) is 17.1. The Kier molecular flexibility index (Phi) is 5.63. The number of hydrogen-bond donors (Lipinski definition) is 2. The second-order valence-corrected chi connectivity index (χ2v) is 5.23. The van der Waals surface area contributed by atoms with Crippen LogP contribution in [0.4, 0.5) is 22.0 Å². The monoisotopic (exact) mass is 345 g/mol. The fourth-order valence-corrected chi connectivity index (χ4v) is 2.12. The minimum atomic E-state index is -4.64. The maximum Gasteiger partial charge on any atom is 0.446 e. The van der Waals surface area contributed by atoms with Crippen molar-refractivity contribution in [3.63, 3.8) is 0 Å². The first kappa shape index (κ1) is 18.5. The summed E-state index contributed by atoms with van der Waals surface area (Å²) in [5, 5.41) is 9.52. The number of halogens is 5. The molecule has 0 radical (unpaired) electrons. The lowest BCUT2D eigenvalue weighted by Crippen LogP contribution is -2.41. The molecule has 1 aromatic rings. The van der Waals surface area contributed by atoms with Gasteiger partial charge < -0.3 is 15.6 Å². The van der Waals surface area contributed by atoms with Gasteiger partial charge >= 0.3 is 17.4 Å². The van der Waals surface area contributed by atoms with Crippen molar-refractivity contribution >= 4 is 17.7 Å². The molecule has 0 saturated carbocycles. The first-order valence-electron chi connectivity index (χ1n) is 5.88. The largest absolute Gasteiger partial charge is 0.508 e. The number of thioether (sulfide) groups is 1. The zero-order valence-electron chi connectivity index (χ0n) is 11.2. The number of phenols is 1. The van der Waals surface area contributed by atoms with E-state index in [4.69, 9.17) is 5.73 Å². The summed E-state index contributed by atoms with van der Waals surface area (Å²) in [7, 11) is 0. The summed E-state index contributed by atoms with van der Waals surface area (Å²) < 4.78 is 68.6. The lowest BCUT2D eigenvalue weighted by atomic mass is 10.0. The third kappa shape index (κ3) is 4.47. The van der Waals surface area contributed by atoms with Crippen LogP contribution in [0.1, 0.15) is 18.5 Å². The topological polar surface area (TPSA) is 72.5 Å². The maximum atomic E-state index is 13.8. The normalized spacial score (nSPS) is 13.8. The van der Waals surface area contributed by atoms with Gasteiger partial charge in [0, 0.05) is 10.5 Å². The molecule has 4 nitrogen and oxygen atoms in total. The third-order valence-corrected chi connectivity index (χ3v) is 3.23. The lowest BCUT2D eigenvalue weighted by Gasteiger charge is -2.23. The van der Waals surface area contributed by atoms with Gasteiger partial charge in [-0.3, -0.25) is 0 Å². The number of carbonyl (C=O) groups is 1. The van der Waals surface area contributed by atoms with Gasteiger partial charge in [0.05, 0.1) is 6.61 Å². The van der Waals surface area contributed by atoms with Crippen molar-refractivity contribution < 1.29 is 36.6 Å². The molecule has 22 heavy (non-hydrogen) atoms. The van der Waals surface area contributed by atoms with E-state index in [1.54, 1.807) is 0 Å². The minimum absolute atomic E-state index is 0.322. The number of hydrogen-bond acceptors (Lipinski definition) is 5. The molecule has 0 aromatic heterocycles. The molecule has 0 fully saturated rings. The van der Waals surface area contributed by atoms with Gasteiger partial charge in [0.1, 0.15) is 11.8 Å². The molecular weight excluding hydrogens is 333 g/mol. The molecule has 0 aliphatic heterocycles. The molecule has 0 heterocycles. The molecule has 0 saturated heterocycles. The van der Waals surface area contributed by atoms with E-state index in [2.05, 4.69) is 4.74 Å². The molecule has 3 N–H and O–H groups in total. The first-order valence-corrected chi connectivity index (χ1v) is 6.70. The van der Waals surface area contributed by atoms with E-state index >= 15 is 0 Å². The average molecular weight is 345 g/mol. The number of esters is 1. The Labute approximate surface area is 126 Å². The van der Waals surface area contributed by atoms with E-state index in [1.807, 2.05) is 0 Å². The van der Waals surface area contributed by atoms with Gasteiger partial charge in [-0.15, -0.1) is 0 Å². The fourth-order valence-electron chi connectivity index (χ4n) is 1.53. The highest BCUT2D eigenvalue weighted by atomic mass is 32.2. The van der Waals surface area contributed by atoms with Gasteiger partial charge in [-0.2, -0.15) is 22.0 Å². The molecule has 1 rings (SSSR count). The summed E-state index contributed by atoms with van der Waals surface area (Å²) in [6.45, 7) is 0.981. The number of alkyl halides is 5. The second-order valence-electron chi connectivity index (χ2n) is 4.09. The van der Waals surface area contributed by atoms with Crippen LogP contribution < -0.4 is 5.73 Å². The third-order valence-electron chi connectivity index (χ3n) is 2.51. The van der Waals surface area contributed by atoms with E-state index in [0.717, 1.165) is 12.1 Å². The minimum Gasteiger partial charge on any atom is -0.508 e. The van der Waals surface area contributed by atoms with Gasteiger partial charge in [-0.1, -0.05) is 0 Å². The zero-order valence-corrected chi connectivity index (χ0v) is 12.0. The van der Waals surface area contributed by atoms with Crippen LogP contribution in [0.2, 0.25) is 0 Å². The van der Waals surface area contributed by atoms with Crippen LogP contribution in [-0.2, 0) is 9.53 Å². The van der Waals surface area contributed by atoms with Crippen molar-refractivity contribution in [1.29, 1.82) is 0 Å². The van der Waals surface area contributed by atoms with E-state index in [0.29, 0.717) is 6.07 Å². The number of nitrogens with two attached hydrogens (primary N) is 1. The highest BCUT2D eigenvalue weighted by Gasteiger charge is 2.48. The maximum absolute atomic E-state index is 13.8. The number of benzene rings is 1. The van der Waals surface area contributed by atoms with Crippen LogP contribution >= 0.6 is 11.8 Å². The van der Waals surface area contributed by atoms with Crippen molar-refractivity contribution in [2.75, 3.05) is 6.61 Å². The van der Waals surface area contributed by atoms with Crippen LogP contribution in [0.3, 0.4) is 0 Å². The Balaban J connectivity index is 3.14. The summed E-state index contributed by atoms with van der Waals surface area (Å²) in [5.74, 6) is -6.87. The van der Waals surface area contributed by atoms with Crippen molar-refractivity contribution in [2.45, 2.75) is 29.3 Å². The Hall–Kier alpha value is -1.55. The summed E-state index contributed by atoms with van der Waals surface area (Å²) in [6, 6.07) is 0.00230. The van der Waals surface area contributed by atoms with Crippen molar-refractivity contribution in [1.82, 2.24) is 0 Å². The van der Waals surface area contributed by atoms with Crippen molar-refractivity contribution in [3.8, 4) is 5.75 Å². The van der Waals surface area contributed by atoms with Crippen LogP contribution in [0.5, 0.6) is 5.75 Å². The van der Waals surface area contributed by atoms with E-state index in [1.165, 1.54) is 6.92 Å². The van der Waals surface area contributed by atoms with Gasteiger partial charge in [0.25, 0.3) is 0 Å². The highest BCUT2D eigenvalue weighted by molar-refractivity contribution is 8.00. The molecule has 0 bridgehead atoms. The first-order chi connectivity index (χ1) is 9.99. The predicted molar refractivity (Wildman–Crippen MR) is 68.5 cm³/mol. The van der Waals surface area contributed by atoms with Gasteiger partial charge in [-0.25, -0.2) is 4.79 Å². The Morgan fingerprint density at radius 3 is 2.45 bits per heavy atom. The molecule has 10 heteroatoms. The van der Waals surface area contributed by atoms with E-state index in [-0.39, 0.29) is 6.61 Å².